The lowest BCUT2D eigenvalue weighted by Crippen LogP contribution is -2.28. The predicted molar refractivity (Wildman–Crippen MR) is 61.3 cm³/mol. The molecule has 92 valence electrons. The molecule has 0 aliphatic heterocycles. The van der Waals surface area contributed by atoms with Crippen molar-refractivity contribution in [2.24, 2.45) is 11.8 Å². The molecule has 0 aromatic heterocycles. The molecule has 16 heavy (non-hydrogen) atoms. The first-order valence-electron chi connectivity index (χ1n) is 6.62. The van der Waals surface area contributed by atoms with Gasteiger partial charge in [0.25, 0.3) is 0 Å². The van der Waals surface area contributed by atoms with Crippen LogP contribution >= 0.6 is 0 Å². The molecular formula is C13H22O3. The topological polar surface area (TPSA) is 46.5 Å². The van der Waals surface area contributed by atoms with E-state index in [1.165, 1.54) is 32.1 Å². The smallest absolute Gasteiger partial charge is 0.309 e. The van der Waals surface area contributed by atoms with E-state index in [1.807, 2.05) is 0 Å². The molecule has 2 fully saturated rings. The number of ether oxygens (including phenoxy) is 1. The van der Waals surface area contributed by atoms with Gasteiger partial charge in [-0.3, -0.25) is 4.79 Å². The largest absolute Gasteiger partial charge is 0.481 e. The van der Waals surface area contributed by atoms with E-state index in [9.17, 15) is 4.79 Å². The summed E-state index contributed by atoms with van der Waals surface area (Å²) in [7, 11) is 0. The lowest BCUT2D eigenvalue weighted by Gasteiger charge is -2.24. The van der Waals surface area contributed by atoms with Crippen LogP contribution in [0.2, 0.25) is 0 Å². The van der Waals surface area contributed by atoms with Crippen molar-refractivity contribution in [1.29, 1.82) is 0 Å². The fourth-order valence-electron chi connectivity index (χ4n) is 3.02. The van der Waals surface area contributed by atoms with Crippen LogP contribution in [-0.4, -0.2) is 23.8 Å². The maximum absolute atomic E-state index is 11.0. The minimum atomic E-state index is -0.675. The average molecular weight is 226 g/mol. The summed E-state index contributed by atoms with van der Waals surface area (Å²) in [5.41, 5.74) is 0. The van der Waals surface area contributed by atoms with Crippen LogP contribution in [0.25, 0.3) is 0 Å². The highest BCUT2D eigenvalue weighted by atomic mass is 16.5. The van der Waals surface area contributed by atoms with Gasteiger partial charge < -0.3 is 9.84 Å². The van der Waals surface area contributed by atoms with Crippen LogP contribution < -0.4 is 0 Å². The highest BCUT2D eigenvalue weighted by Gasteiger charge is 2.34. The Morgan fingerprint density at radius 3 is 2.50 bits per heavy atom. The van der Waals surface area contributed by atoms with Gasteiger partial charge in [-0.15, -0.1) is 0 Å². The van der Waals surface area contributed by atoms with Gasteiger partial charge in [0.15, 0.2) is 0 Å². The van der Waals surface area contributed by atoms with Gasteiger partial charge in [-0.05, 0) is 38.0 Å². The summed E-state index contributed by atoms with van der Waals surface area (Å²) >= 11 is 0. The zero-order valence-electron chi connectivity index (χ0n) is 9.86. The Balaban J connectivity index is 1.73. The lowest BCUT2D eigenvalue weighted by atomic mass is 9.90. The van der Waals surface area contributed by atoms with Gasteiger partial charge >= 0.3 is 5.97 Å². The normalized spacial score (nSPS) is 31.8. The number of aliphatic carboxylic acids is 1. The molecule has 0 aromatic rings. The van der Waals surface area contributed by atoms with Gasteiger partial charge in [-0.1, -0.05) is 19.3 Å². The molecule has 2 aliphatic rings. The molecule has 0 heterocycles. The second-order valence-electron chi connectivity index (χ2n) is 5.25. The van der Waals surface area contributed by atoms with Gasteiger partial charge in [0, 0.05) is 6.61 Å². The van der Waals surface area contributed by atoms with Crippen molar-refractivity contribution in [2.75, 3.05) is 6.61 Å². The zero-order chi connectivity index (χ0) is 11.4. The minimum Gasteiger partial charge on any atom is -0.481 e. The molecule has 3 nitrogen and oxygen atoms in total. The summed E-state index contributed by atoms with van der Waals surface area (Å²) in [4.78, 5) is 11.0. The number of hydrogen-bond donors (Lipinski definition) is 1. The van der Waals surface area contributed by atoms with Crippen LogP contribution in [0.1, 0.15) is 51.4 Å². The first-order valence-corrected chi connectivity index (χ1v) is 6.62. The van der Waals surface area contributed by atoms with E-state index in [2.05, 4.69) is 0 Å². The highest BCUT2D eigenvalue weighted by Crippen LogP contribution is 2.30. The summed E-state index contributed by atoms with van der Waals surface area (Å²) in [5.74, 6) is -0.237. The third-order valence-electron chi connectivity index (χ3n) is 4.04. The van der Waals surface area contributed by atoms with E-state index in [0.717, 1.165) is 25.9 Å². The molecule has 2 rings (SSSR count). The summed E-state index contributed by atoms with van der Waals surface area (Å²) in [6, 6.07) is 0. The summed E-state index contributed by atoms with van der Waals surface area (Å²) in [6.45, 7) is 0.786. The van der Waals surface area contributed by atoms with Crippen LogP contribution in [0.4, 0.5) is 0 Å². The molecule has 0 amide bonds. The molecule has 2 atom stereocenters. The van der Waals surface area contributed by atoms with Crippen molar-refractivity contribution in [1.82, 2.24) is 0 Å². The predicted octanol–water partition coefficient (Wildman–Crippen LogP) is 2.84. The van der Waals surface area contributed by atoms with E-state index < -0.39 is 5.97 Å². The molecular weight excluding hydrogens is 204 g/mol. The van der Waals surface area contributed by atoms with Crippen molar-refractivity contribution < 1.29 is 14.6 Å². The van der Waals surface area contributed by atoms with Crippen molar-refractivity contribution in [3.05, 3.63) is 0 Å². The summed E-state index contributed by atoms with van der Waals surface area (Å²) in [5, 5.41) is 9.04. The van der Waals surface area contributed by atoms with E-state index in [0.29, 0.717) is 5.92 Å². The third kappa shape index (κ3) is 2.97. The van der Waals surface area contributed by atoms with E-state index >= 15 is 0 Å². The van der Waals surface area contributed by atoms with E-state index in [1.54, 1.807) is 0 Å². The molecule has 0 radical (unpaired) electrons. The monoisotopic (exact) mass is 226 g/mol. The van der Waals surface area contributed by atoms with Gasteiger partial charge in [0.1, 0.15) is 0 Å². The maximum atomic E-state index is 11.0. The fourth-order valence-corrected chi connectivity index (χ4v) is 3.02. The Labute approximate surface area is 97.2 Å². The minimum absolute atomic E-state index is 0.0144. The first-order chi connectivity index (χ1) is 7.77. The Morgan fingerprint density at radius 2 is 1.81 bits per heavy atom. The number of carboxylic acid groups (broad SMARTS) is 1. The summed E-state index contributed by atoms with van der Waals surface area (Å²) in [6.07, 6.45) is 9.26. The van der Waals surface area contributed by atoms with E-state index in [4.69, 9.17) is 9.84 Å². The van der Waals surface area contributed by atoms with Crippen LogP contribution in [0.15, 0.2) is 0 Å². The number of carbonyl (C=O) groups is 1. The van der Waals surface area contributed by atoms with Crippen molar-refractivity contribution in [3.8, 4) is 0 Å². The second-order valence-corrected chi connectivity index (χ2v) is 5.25. The molecule has 0 spiro atoms. The molecule has 2 unspecified atom stereocenters. The first kappa shape index (κ1) is 11.9. The van der Waals surface area contributed by atoms with Crippen LogP contribution in [0, 0.1) is 11.8 Å². The van der Waals surface area contributed by atoms with E-state index in [-0.39, 0.29) is 12.0 Å². The maximum Gasteiger partial charge on any atom is 0.309 e. The number of hydrogen-bond acceptors (Lipinski definition) is 2. The quantitative estimate of drug-likeness (QED) is 0.801. The van der Waals surface area contributed by atoms with Crippen LogP contribution in [-0.2, 0) is 9.53 Å². The molecule has 0 saturated heterocycles. The summed E-state index contributed by atoms with van der Waals surface area (Å²) < 4.78 is 5.84. The van der Waals surface area contributed by atoms with Gasteiger partial charge in [0.05, 0.1) is 12.0 Å². The van der Waals surface area contributed by atoms with Gasteiger partial charge in [0.2, 0.25) is 0 Å². The fraction of sp³-hybridized carbons (Fsp3) is 0.923. The standard InChI is InChI=1S/C13H22O3/c14-13(15)11-7-4-8-12(11)16-9-10-5-2-1-3-6-10/h10-12H,1-9H2,(H,14,15). The van der Waals surface area contributed by atoms with Crippen LogP contribution in [0.5, 0.6) is 0 Å². The van der Waals surface area contributed by atoms with Crippen molar-refractivity contribution in [2.45, 2.75) is 57.5 Å². The number of carboxylic acids is 1. The number of rotatable bonds is 4. The average Bonchev–Trinajstić information content (AvgIpc) is 2.76. The van der Waals surface area contributed by atoms with Crippen LogP contribution in [0.3, 0.4) is 0 Å². The molecule has 0 aromatic carbocycles. The molecule has 1 N–H and O–H groups in total. The Bertz CT molecular complexity index is 233. The van der Waals surface area contributed by atoms with Crippen molar-refractivity contribution in [3.63, 3.8) is 0 Å². The highest BCUT2D eigenvalue weighted by molar-refractivity contribution is 5.71. The lowest BCUT2D eigenvalue weighted by molar-refractivity contribution is -0.146. The zero-order valence-corrected chi connectivity index (χ0v) is 9.86. The third-order valence-corrected chi connectivity index (χ3v) is 4.04. The SMILES string of the molecule is O=C(O)C1CCCC1OCC1CCCCC1. The molecule has 2 aliphatic carbocycles. The second kappa shape index (κ2) is 5.67. The Morgan fingerprint density at radius 1 is 1.06 bits per heavy atom. The van der Waals surface area contributed by atoms with Gasteiger partial charge in [-0.2, -0.15) is 0 Å². The molecule has 0 bridgehead atoms. The van der Waals surface area contributed by atoms with Gasteiger partial charge in [-0.25, -0.2) is 0 Å². The Kier molecular flexibility index (Phi) is 4.22. The Hall–Kier alpha value is -0.570. The molecule has 2 saturated carbocycles. The van der Waals surface area contributed by atoms with Crippen molar-refractivity contribution >= 4 is 5.97 Å². The molecule has 3 heteroatoms.